The Balaban J connectivity index is 1.54. The molecule has 7 nitrogen and oxygen atoms in total. The molecule has 1 N–H and O–H groups in total. The summed E-state index contributed by atoms with van der Waals surface area (Å²) in [7, 11) is -3.64. The molecule has 1 fully saturated rings. The molecule has 0 saturated carbocycles. The summed E-state index contributed by atoms with van der Waals surface area (Å²) in [5.41, 5.74) is 2.92. The van der Waals surface area contributed by atoms with Crippen molar-refractivity contribution in [2.75, 3.05) is 31.1 Å². The third-order valence-corrected chi connectivity index (χ3v) is 7.72. The van der Waals surface area contributed by atoms with Crippen LogP contribution in [0.2, 0.25) is 0 Å². The van der Waals surface area contributed by atoms with E-state index in [1.165, 1.54) is 11.3 Å². The van der Waals surface area contributed by atoms with E-state index in [1.807, 2.05) is 18.7 Å². The highest BCUT2D eigenvalue weighted by Crippen LogP contribution is 2.25. The van der Waals surface area contributed by atoms with Crippen molar-refractivity contribution < 1.29 is 13.2 Å². The summed E-state index contributed by atoms with van der Waals surface area (Å²) in [4.78, 5) is 22.5. The molecule has 0 aromatic heterocycles. The Morgan fingerprint density at radius 3 is 2.50 bits per heavy atom. The summed E-state index contributed by atoms with van der Waals surface area (Å²) in [6.45, 7) is 8.84. The van der Waals surface area contributed by atoms with Crippen molar-refractivity contribution in [1.29, 1.82) is 0 Å². The minimum Gasteiger partial charge on any atom is -0.368 e. The number of hydrogen-bond acceptors (Lipinski definition) is 5. The number of nitrogens with zero attached hydrogens (tertiary/aromatic N) is 3. The van der Waals surface area contributed by atoms with Gasteiger partial charge in [0.15, 0.2) is 0 Å². The van der Waals surface area contributed by atoms with Crippen molar-refractivity contribution in [1.82, 2.24) is 9.62 Å². The fraction of sp³-hybridized carbons (Fsp3) is 0.417. The largest absolute Gasteiger partial charge is 0.368 e. The fourth-order valence-electron chi connectivity index (χ4n) is 4.21. The van der Waals surface area contributed by atoms with E-state index in [1.54, 1.807) is 24.3 Å². The Morgan fingerprint density at radius 2 is 1.81 bits per heavy atom. The van der Waals surface area contributed by atoms with Crippen molar-refractivity contribution >= 4 is 27.5 Å². The van der Waals surface area contributed by atoms with Gasteiger partial charge in [-0.05, 0) is 42.7 Å². The van der Waals surface area contributed by atoms with E-state index in [0.717, 1.165) is 19.5 Å². The number of aryl methyl sites for hydroxylation is 1. The van der Waals surface area contributed by atoms with E-state index in [-0.39, 0.29) is 22.6 Å². The van der Waals surface area contributed by atoms with Gasteiger partial charge in [-0.15, -0.1) is 0 Å². The Labute approximate surface area is 190 Å². The van der Waals surface area contributed by atoms with E-state index >= 15 is 0 Å². The summed E-state index contributed by atoms with van der Waals surface area (Å²) < 4.78 is 27.5. The monoisotopic (exact) mass is 454 g/mol. The van der Waals surface area contributed by atoms with Gasteiger partial charge in [0.25, 0.3) is 10.0 Å². The average molecular weight is 455 g/mol. The van der Waals surface area contributed by atoms with Gasteiger partial charge in [-0.25, -0.2) is 8.42 Å². The maximum Gasteiger partial charge on any atom is 0.263 e. The van der Waals surface area contributed by atoms with Crippen molar-refractivity contribution in [2.24, 2.45) is 10.9 Å². The fourth-order valence-corrected chi connectivity index (χ4v) is 5.45. The molecule has 0 radical (unpaired) electrons. The first-order valence-electron chi connectivity index (χ1n) is 11.1. The summed E-state index contributed by atoms with van der Waals surface area (Å²) in [5.74, 6) is 0.207. The maximum absolute atomic E-state index is 13.5. The molecule has 1 saturated heterocycles. The van der Waals surface area contributed by atoms with Gasteiger partial charge in [-0.3, -0.25) is 14.5 Å². The number of rotatable bonds is 5. The average Bonchev–Trinajstić information content (AvgIpc) is 3.06. The topological polar surface area (TPSA) is 82.1 Å². The zero-order valence-corrected chi connectivity index (χ0v) is 19.6. The Kier molecular flexibility index (Phi) is 6.24. The van der Waals surface area contributed by atoms with Crippen molar-refractivity contribution in [3.05, 3.63) is 59.7 Å². The lowest BCUT2D eigenvalue weighted by Gasteiger charge is -2.38. The highest BCUT2D eigenvalue weighted by atomic mass is 32.2. The molecule has 2 aromatic carbocycles. The summed E-state index contributed by atoms with van der Waals surface area (Å²) in [6, 6.07) is 14.5. The third kappa shape index (κ3) is 4.37. The molecule has 0 bridgehead atoms. The molecule has 170 valence electrons. The standard InChI is InChI=1S/C24H30N4O3S/c1-4-18(3)22(25-23-20-10-5-6-11-21(20)32(30,31)26-23)24(29)28-14-12-27(13-15-28)19-9-7-8-17(2)16-19/h5-11,16,18,22H,4,12-15H2,1-3H3,(H,25,26)/t18-,22-/m0/s1. The first-order valence-corrected chi connectivity index (χ1v) is 12.6. The molecule has 4 rings (SSSR count). The zero-order valence-electron chi connectivity index (χ0n) is 18.8. The summed E-state index contributed by atoms with van der Waals surface area (Å²) in [6.07, 6.45) is 0.769. The number of nitrogens with one attached hydrogen (secondary N) is 1. The SMILES string of the molecule is CC[C@H](C)[C@H](N=C1NS(=O)(=O)c2ccccc21)C(=O)N1CCN(c2cccc(C)c2)CC1. The number of fused-ring (bicyclic) bond motifs is 1. The van der Waals surface area contributed by atoms with Gasteiger partial charge in [-0.2, -0.15) is 0 Å². The minimum absolute atomic E-state index is 0.0120. The maximum atomic E-state index is 13.5. The van der Waals surface area contributed by atoms with Crippen LogP contribution in [0.3, 0.4) is 0 Å². The van der Waals surface area contributed by atoms with Gasteiger partial charge in [0.05, 0.1) is 4.90 Å². The van der Waals surface area contributed by atoms with E-state index in [0.29, 0.717) is 18.7 Å². The lowest BCUT2D eigenvalue weighted by molar-refractivity contribution is -0.133. The zero-order chi connectivity index (χ0) is 22.9. The highest BCUT2D eigenvalue weighted by Gasteiger charge is 2.35. The van der Waals surface area contributed by atoms with Crippen LogP contribution in [-0.2, 0) is 14.8 Å². The van der Waals surface area contributed by atoms with Gasteiger partial charge >= 0.3 is 0 Å². The number of carbonyl (C=O) groups excluding carboxylic acids is 1. The number of anilines is 1. The second-order valence-electron chi connectivity index (χ2n) is 8.56. The number of benzene rings is 2. The molecule has 1 amide bonds. The van der Waals surface area contributed by atoms with E-state index in [2.05, 4.69) is 45.8 Å². The quantitative estimate of drug-likeness (QED) is 0.753. The van der Waals surface area contributed by atoms with Crippen molar-refractivity contribution in [3.63, 3.8) is 0 Å². The molecule has 0 aliphatic carbocycles. The van der Waals surface area contributed by atoms with E-state index in [9.17, 15) is 13.2 Å². The van der Waals surface area contributed by atoms with Gasteiger partial charge in [0, 0.05) is 37.4 Å². The van der Waals surface area contributed by atoms with Crippen LogP contribution in [0.5, 0.6) is 0 Å². The number of amides is 1. The number of carbonyl (C=O) groups is 1. The molecule has 2 aliphatic heterocycles. The molecular formula is C24H30N4O3S. The summed E-state index contributed by atoms with van der Waals surface area (Å²) in [5, 5.41) is 0. The van der Waals surface area contributed by atoms with Crippen LogP contribution in [-0.4, -0.2) is 57.3 Å². The Morgan fingerprint density at radius 1 is 1.09 bits per heavy atom. The van der Waals surface area contributed by atoms with Crippen LogP contribution in [0.1, 0.15) is 31.4 Å². The number of hydrogen-bond donors (Lipinski definition) is 1. The van der Waals surface area contributed by atoms with Crippen LogP contribution in [0, 0.1) is 12.8 Å². The molecule has 2 atom stereocenters. The smallest absolute Gasteiger partial charge is 0.263 e. The van der Waals surface area contributed by atoms with Crippen LogP contribution in [0.15, 0.2) is 58.4 Å². The minimum atomic E-state index is -3.64. The normalized spacial score (nSPS) is 20.5. The first-order chi connectivity index (χ1) is 15.3. The number of aliphatic imine (C=N–C) groups is 1. The van der Waals surface area contributed by atoms with Gasteiger partial charge in [0.2, 0.25) is 5.91 Å². The highest BCUT2D eigenvalue weighted by molar-refractivity contribution is 7.90. The van der Waals surface area contributed by atoms with Gasteiger partial charge in [-0.1, -0.05) is 44.5 Å². The molecule has 0 unspecified atom stereocenters. The number of piperazine rings is 1. The second-order valence-corrected chi connectivity index (χ2v) is 10.2. The van der Waals surface area contributed by atoms with Crippen LogP contribution < -0.4 is 9.62 Å². The lowest BCUT2D eigenvalue weighted by atomic mass is 9.97. The Bertz CT molecular complexity index is 1140. The first kappa shape index (κ1) is 22.3. The second kappa shape index (κ2) is 8.94. The molecule has 2 aliphatic rings. The van der Waals surface area contributed by atoms with Crippen LogP contribution >= 0.6 is 0 Å². The van der Waals surface area contributed by atoms with Gasteiger partial charge in [0.1, 0.15) is 11.9 Å². The predicted octanol–water partition coefficient (Wildman–Crippen LogP) is 2.80. The van der Waals surface area contributed by atoms with Crippen molar-refractivity contribution in [3.8, 4) is 0 Å². The predicted molar refractivity (Wildman–Crippen MR) is 127 cm³/mol. The molecule has 2 aromatic rings. The van der Waals surface area contributed by atoms with Crippen LogP contribution in [0.4, 0.5) is 5.69 Å². The van der Waals surface area contributed by atoms with Gasteiger partial charge < -0.3 is 9.80 Å². The van der Waals surface area contributed by atoms with E-state index in [4.69, 9.17) is 0 Å². The molecule has 0 spiro atoms. The summed E-state index contributed by atoms with van der Waals surface area (Å²) >= 11 is 0. The molecular weight excluding hydrogens is 424 g/mol. The van der Waals surface area contributed by atoms with Crippen LogP contribution in [0.25, 0.3) is 0 Å². The van der Waals surface area contributed by atoms with Crippen molar-refractivity contribution in [2.45, 2.75) is 38.1 Å². The molecule has 2 heterocycles. The number of sulfonamides is 1. The Hall–Kier alpha value is -2.87. The molecule has 32 heavy (non-hydrogen) atoms. The molecule has 8 heteroatoms. The lowest BCUT2D eigenvalue weighted by Crippen LogP contribution is -2.52. The van der Waals surface area contributed by atoms with E-state index < -0.39 is 16.1 Å². The number of amidine groups is 1. The third-order valence-electron chi connectivity index (χ3n) is 6.33.